The van der Waals surface area contributed by atoms with Crippen LogP contribution in [0.1, 0.15) is 43.4 Å². The molecule has 1 atom stereocenters. The molecule has 0 aliphatic carbocycles. The molecular weight excluding hydrogens is 208 g/mol. The predicted molar refractivity (Wildman–Crippen MR) is 65.4 cm³/mol. The van der Waals surface area contributed by atoms with E-state index in [0.29, 0.717) is 0 Å². The van der Waals surface area contributed by atoms with Crippen LogP contribution in [-0.2, 0) is 5.60 Å². The van der Waals surface area contributed by atoms with E-state index in [-0.39, 0.29) is 0 Å². The van der Waals surface area contributed by atoms with E-state index in [2.05, 4.69) is 6.92 Å². The Morgan fingerprint density at radius 3 is 2.13 bits per heavy atom. The van der Waals surface area contributed by atoms with Gasteiger partial charge < -0.3 is 5.11 Å². The summed E-state index contributed by atoms with van der Waals surface area (Å²) in [6.45, 7) is 7.88. The highest BCUT2D eigenvalue weighted by molar-refractivity contribution is 6.32. The fourth-order valence-corrected chi connectivity index (χ4v) is 2.00. The van der Waals surface area contributed by atoms with Crippen molar-refractivity contribution in [1.29, 1.82) is 0 Å². The Morgan fingerprint density at radius 2 is 1.73 bits per heavy atom. The van der Waals surface area contributed by atoms with Crippen molar-refractivity contribution in [2.75, 3.05) is 0 Å². The van der Waals surface area contributed by atoms with E-state index in [4.69, 9.17) is 11.6 Å². The van der Waals surface area contributed by atoms with Crippen LogP contribution < -0.4 is 0 Å². The van der Waals surface area contributed by atoms with Gasteiger partial charge in [0.05, 0.1) is 5.60 Å². The number of hydrogen-bond acceptors (Lipinski definition) is 1. The van der Waals surface area contributed by atoms with Crippen molar-refractivity contribution in [2.45, 2.75) is 46.1 Å². The molecule has 1 nitrogen and oxygen atoms in total. The molecule has 0 aliphatic heterocycles. The highest BCUT2D eigenvalue weighted by Gasteiger charge is 2.22. The topological polar surface area (TPSA) is 20.2 Å². The maximum Gasteiger partial charge on any atom is 0.0868 e. The summed E-state index contributed by atoms with van der Waals surface area (Å²) in [5.41, 5.74) is 2.28. The zero-order valence-corrected chi connectivity index (χ0v) is 10.7. The van der Waals surface area contributed by atoms with Crippen LogP contribution >= 0.6 is 11.6 Å². The Morgan fingerprint density at radius 1 is 1.27 bits per heavy atom. The molecule has 1 N–H and O–H groups in total. The van der Waals surface area contributed by atoms with Gasteiger partial charge in [-0.2, -0.15) is 0 Å². The number of halogens is 1. The second-order valence-electron chi connectivity index (χ2n) is 4.45. The number of rotatable bonds is 3. The van der Waals surface area contributed by atoms with Crippen LogP contribution in [0.5, 0.6) is 0 Å². The van der Waals surface area contributed by atoms with Crippen LogP contribution in [0, 0.1) is 13.8 Å². The van der Waals surface area contributed by atoms with Crippen molar-refractivity contribution >= 4 is 11.6 Å². The van der Waals surface area contributed by atoms with Crippen LogP contribution in [0.3, 0.4) is 0 Å². The quantitative estimate of drug-likeness (QED) is 0.827. The Labute approximate surface area is 97.1 Å². The minimum Gasteiger partial charge on any atom is -0.385 e. The smallest absolute Gasteiger partial charge is 0.0868 e. The fourth-order valence-electron chi connectivity index (χ4n) is 1.89. The number of aryl methyl sites for hydroxylation is 2. The minimum absolute atomic E-state index is 0.741. The summed E-state index contributed by atoms with van der Waals surface area (Å²) in [5, 5.41) is 11.1. The normalized spacial score (nSPS) is 15.1. The van der Waals surface area contributed by atoms with Gasteiger partial charge in [0.25, 0.3) is 0 Å². The molecular formula is C13H19ClO. The van der Waals surface area contributed by atoms with E-state index >= 15 is 0 Å². The maximum atomic E-state index is 10.3. The molecule has 1 aromatic carbocycles. The third kappa shape index (κ3) is 2.73. The lowest BCUT2D eigenvalue weighted by Crippen LogP contribution is -2.21. The number of hydrogen-bond donors (Lipinski definition) is 1. The molecule has 84 valence electrons. The summed E-state index contributed by atoms with van der Waals surface area (Å²) in [4.78, 5) is 0. The first-order chi connectivity index (χ1) is 6.88. The van der Waals surface area contributed by atoms with Gasteiger partial charge in [0, 0.05) is 5.02 Å². The lowest BCUT2D eigenvalue weighted by atomic mass is 9.89. The zero-order chi connectivity index (χ0) is 11.6. The van der Waals surface area contributed by atoms with Crippen LogP contribution in [0.15, 0.2) is 12.1 Å². The third-order valence-corrected chi connectivity index (χ3v) is 3.39. The molecule has 0 aliphatic rings. The summed E-state index contributed by atoms with van der Waals surface area (Å²) in [6.07, 6.45) is 1.74. The minimum atomic E-state index is -0.741. The van der Waals surface area contributed by atoms with E-state index in [1.54, 1.807) is 0 Å². The molecule has 0 amide bonds. The summed E-state index contributed by atoms with van der Waals surface area (Å²) < 4.78 is 0. The first kappa shape index (κ1) is 12.5. The van der Waals surface area contributed by atoms with E-state index in [9.17, 15) is 5.11 Å². The van der Waals surface area contributed by atoms with Crippen molar-refractivity contribution < 1.29 is 5.11 Å². The van der Waals surface area contributed by atoms with Gasteiger partial charge in [-0.1, -0.05) is 37.1 Å². The molecule has 0 bridgehead atoms. The molecule has 0 aromatic heterocycles. The second-order valence-corrected chi connectivity index (χ2v) is 4.83. The molecule has 1 rings (SSSR count). The maximum absolute atomic E-state index is 10.3. The Hall–Kier alpha value is -0.530. The molecule has 2 heteroatoms. The summed E-state index contributed by atoms with van der Waals surface area (Å²) in [6, 6.07) is 3.95. The molecule has 0 radical (unpaired) electrons. The predicted octanol–water partition coefficient (Wildman–Crippen LogP) is 3.96. The van der Waals surface area contributed by atoms with Gasteiger partial charge in [-0.05, 0) is 43.9 Å². The third-order valence-electron chi connectivity index (χ3n) is 2.80. The average molecular weight is 227 g/mol. The van der Waals surface area contributed by atoms with Crippen molar-refractivity contribution in [3.05, 3.63) is 33.8 Å². The summed E-state index contributed by atoms with van der Waals surface area (Å²) >= 11 is 6.10. The first-order valence-corrected chi connectivity index (χ1v) is 5.76. The summed E-state index contributed by atoms with van der Waals surface area (Å²) in [7, 11) is 0. The molecule has 0 unspecified atom stereocenters. The van der Waals surface area contributed by atoms with Gasteiger partial charge in [0.1, 0.15) is 0 Å². The SMILES string of the molecule is CCC[C@@](C)(O)c1cc(C)c(Cl)c(C)c1. The number of benzene rings is 1. The second kappa shape index (κ2) is 4.54. The molecule has 0 saturated carbocycles. The first-order valence-electron chi connectivity index (χ1n) is 5.38. The van der Waals surface area contributed by atoms with Crippen molar-refractivity contribution in [3.8, 4) is 0 Å². The molecule has 0 heterocycles. The van der Waals surface area contributed by atoms with Crippen molar-refractivity contribution in [1.82, 2.24) is 0 Å². The lowest BCUT2D eigenvalue weighted by molar-refractivity contribution is 0.0468. The van der Waals surface area contributed by atoms with Gasteiger partial charge >= 0.3 is 0 Å². The summed E-state index contributed by atoms with van der Waals surface area (Å²) in [5.74, 6) is 0. The zero-order valence-electron chi connectivity index (χ0n) is 9.89. The van der Waals surface area contributed by atoms with Gasteiger partial charge in [-0.3, -0.25) is 0 Å². The van der Waals surface area contributed by atoms with Gasteiger partial charge in [0.2, 0.25) is 0 Å². The average Bonchev–Trinajstić information content (AvgIpc) is 2.13. The lowest BCUT2D eigenvalue weighted by Gasteiger charge is -2.24. The highest BCUT2D eigenvalue weighted by Crippen LogP contribution is 2.30. The Bertz CT molecular complexity index is 333. The Kier molecular flexibility index (Phi) is 3.80. The van der Waals surface area contributed by atoms with Gasteiger partial charge in [0.15, 0.2) is 0 Å². The van der Waals surface area contributed by atoms with Crippen molar-refractivity contribution in [3.63, 3.8) is 0 Å². The number of aliphatic hydroxyl groups is 1. The van der Waals surface area contributed by atoms with Crippen LogP contribution in [0.4, 0.5) is 0 Å². The molecule has 0 spiro atoms. The van der Waals surface area contributed by atoms with E-state index in [0.717, 1.165) is 34.6 Å². The highest BCUT2D eigenvalue weighted by atomic mass is 35.5. The van der Waals surface area contributed by atoms with Crippen LogP contribution in [0.2, 0.25) is 5.02 Å². The molecule has 0 fully saturated rings. The van der Waals surface area contributed by atoms with Gasteiger partial charge in [-0.15, -0.1) is 0 Å². The molecule has 1 aromatic rings. The standard InChI is InChI=1S/C13H19ClO/c1-5-6-13(4,15)11-7-9(2)12(14)10(3)8-11/h7-8,15H,5-6H2,1-4H3/t13-/m1/s1. The molecule has 0 saturated heterocycles. The fraction of sp³-hybridized carbons (Fsp3) is 0.538. The van der Waals surface area contributed by atoms with E-state index in [1.807, 2.05) is 32.9 Å². The van der Waals surface area contributed by atoms with Gasteiger partial charge in [-0.25, -0.2) is 0 Å². The monoisotopic (exact) mass is 226 g/mol. The van der Waals surface area contributed by atoms with Crippen LogP contribution in [-0.4, -0.2) is 5.11 Å². The van der Waals surface area contributed by atoms with E-state index < -0.39 is 5.60 Å². The molecule has 15 heavy (non-hydrogen) atoms. The largest absolute Gasteiger partial charge is 0.385 e. The van der Waals surface area contributed by atoms with Crippen molar-refractivity contribution in [2.24, 2.45) is 0 Å². The Balaban J connectivity index is 3.16. The van der Waals surface area contributed by atoms with Crippen LogP contribution in [0.25, 0.3) is 0 Å². The van der Waals surface area contributed by atoms with E-state index in [1.165, 1.54) is 0 Å².